The number of rotatable bonds is 3. The molecule has 2 N–H and O–H groups in total. The molecule has 5 rings (SSSR count). The van der Waals surface area contributed by atoms with Crippen LogP contribution >= 0.6 is 0 Å². The minimum absolute atomic E-state index is 0.000267. The molecule has 3 aliphatic rings. The van der Waals surface area contributed by atoms with E-state index < -0.39 is 0 Å². The first-order valence-electron chi connectivity index (χ1n) is 8.18. The highest BCUT2D eigenvalue weighted by Crippen LogP contribution is 2.54. The molecular weight excluding hydrogens is 306 g/mol. The van der Waals surface area contributed by atoms with Crippen LogP contribution in [0.1, 0.15) is 23.5 Å². The molecule has 2 unspecified atom stereocenters. The van der Waals surface area contributed by atoms with Gasteiger partial charge < -0.3 is 20.1 Å². The molecular formula is C18H17N3O3. The second-order valence-corrected chi connectivity index (χ2v) is 6.41. The predicted octanol–water partition coefficient (Wildman–Crippen LogP) is 2.20. The van der Waals surface area contributed by atoms with Gasteiger partial charge in [-0.3, -0.25) is 4.79 Å². The van der Waals surface area contributed by atoms with E-state index in [1.165, 1.54) is 5.56 Å². The van der Waals surface area contributed by atoms with E-state index in [0.717, 1.165) is 22.8 Å². The summed E-state index contributed by atoms with van der Waals surface area (Å²) >= 11 is 0. The number of amides is 1. The summed E-state index contributed by atoms with van der Waals surface area (Å²) in [7, 11) is 1.96. The minimum atomic E-state index is -0.000267. The number of aromatic nitrogens is 1. The van der Waals surface area contributed by atoms with E-state index in [4.69, 9.17) is 9.47 Å². The van der Waals surface area contributed by atoms with Gasteiger partial charge in [0.1, 0.15) is 29.2 Å². The Labute approximate surface area is 139 Å². The number of pyridine rings is 1. The fraction of sp³-hybridized carbons (Fsp3) is 0.333. The van der Waals surface area contributed by atoms with Crippen LogP contribution in [-0.4, -0.2) is 30.1 Å². The second-order valence-electron chi connectivity index (χ2n) is 6.41. The van der Waals surface area contributed by atoms with Gasteiger partial charge in [0.05, 0.1) is 6.04 Å². The Balaban J connectivity index is 1.45. The zero-order chi connectivity index (χ0) is 16.3. The number of carbonyl (C=O) groups is 1. The van der Waals surface area contributed by atoms with Gasteiger partial charge in [-0.25, -0.2) is 4.98 Å². The van der Waals surface area contributed by atoms with Crippen LogP contribution in [0.4, 0.5) is 5.82 Å². The molecule has 2 aliphatic heterocycles. The van der Waals surface area contributed by atoms with Gasteiger partial charge in [-0.1, -0.05) is 0 Å². The Morgan fingerprint density at radius 3 is 3.12 bits per heavy atom. The Kier molecular flexibility index (Phi) is 2.84. The summed E-state index contributed by atoms with van der Waals surface area (Å²) in [6.07, 6.45) is 3.01. The average Bonchev–Trinajstić information content (AvgIpc) is 3.16. The summed E-state index contributed by atoms with van der Waals surface area (Å²) in [6, 6.07) is 8.20. The SMILES string of the molecule is CN[C@@H]1C2Oc3ccc(Oc4ccnc5c4CCC(=O)N5)cc3C21. The molecule has 1 fully saturated rings. The van der Waals surface area contributed by atoms with Gasteiger partial charge in [0.15, 0.2) is 0 Å². The normalized spacial score (nSPS) is 25.9. The molecule has 6 heteroatoms. The summed E-state index contributed by atoms with van der Waals surface area (Å²) < 4.78 is 12.0. The Bertz CT molecular complexity index is 851. The lowest BCUT2D eigenvalue weighted by Crippen LogP contribution is -2.20. The first-order valence-corrected chi connectivity index (χ1v) is 8.18. The van der Waals surface area contributed by atoms with Crippen molar-refractivity contribution >= 4 is 11.7 Å². The van der Waals surface area contributed by atoms with Crippen molar-refractivity contribution in [2.24, 2.45) is 0 Å². The summed E-state index contributed by atoms with van der Waals surface area (Å²) in [5.41, 5.74) is 2.15. The maximum Gasteiger partial charge on any atom is 0.225 e. The number of ether oxygens (including phenoxy) is 2. The van der Waals surface area contributed by atoms with Gasteiger partial charge >= 0.3 is 0 Å². The number of benzene rings is 1. The van der Waals surface area contributed by atoms with Gasteiger partial charge in [0, 0.05) is 29.7 Å². The molecule has 1 aromatic carbocycles. The second kappa shape index (κ2) is 4.95. The number of anilines is 1. The highest BCUT2D eigenvalue weighted by Gasteiger charge is 2.58. The topological polar surface area (TPSA) is 72.5 Å². The van der Waals surface area contributed by atoms with Gasteiger partial charge in [-0.05, 0) is 37.7 Å². The molecule has 6 nitrogen and oxygen atoms in total. The highest BCUT2D eigenvalue weighted by molar-refractivity contribution is 5.93. The largest absolute Gasteiger partial charge is 0.488 e. The van der Waals surface area contributed by atoms with Crippen LogP contribution in [0.2, 0.25) is 0 Å². The minimum Gasteiger partial charge on any atom is -0.488 e. The van der Waals surface area contributed by atoms with Crippen LogP contribution in [0.3, 0.4) is 0 Å². The molecule has 0 bridgehead atoms. The lowest BCUT2D eigenvalue weighted by Gasteiger charge is -2.19. The van der Waals surface area contributed by atoms with E-state index in [9.17, 15) is 4.79 Å². The number of carbonyl (C=O) groups excluding carboxylic acids is 1. The van der Waals surface area contributed by atoms with Crippen molar-refractivity contribution in [2.45, 2.75) is 30.9 Å². The highest BCUT2D eigenvalue weighted by atomic mass is 16.5. The molecule has 2 aromatic rings. The molecule has 0 spiro atoms. The molecule has 3 heterocycles. The van der Waals surface area contributed by atoms with E-state index in [1.54, 1.807) is 6.20 Å². The average molecular weight is 323 g/mol. The Morgan fingerprint density at radius 2 is 2.25 bits per heavy atom. The molecule has 24 heavy (non-hydrogen) atoms. The van der Waals surface area contributed by atoms with Crippen LogP contribution in [0, 0.1) is 0 Å². The lowest BCUT2D eigenvalue weighted by molar-refractivity contribution is -0.116. The fourth-order valence-corrected chi connectivity index (χ4v) is 3.73. The van der Waals surface area contributed by atoms with Crippen LogP contribution in [0.25, 0.3) is 0 Å². The first kappa shape index (κ1) is 13.8. The van der Waals surface area contributed by atoms with E-state index in [-0.39, 0.29) is 12.0 Å². The maximum atomic E-state index is 11.5. The zero-order valence-corrected chi connectivity index (χ0v) is 13.2. The van der Waals surface area contributed by atoms with Crippen molar-refractivity contribution in [3.63, 3.8) is 0 Å². The zero-order valence-electron chi connectivity index (χ0n) is 13.2. The standard InChI is InChI=1S/C18H17N3O3/c1-19-16-15-11-8-9(2-4-12(11)24-17(15)16)23-13-6-7-20-18-10(13)3-5-14(22)21-18/h2,4,6-8,15-17,19H,3,5H2,1H3,(H,20,21,22)/t15?,16-,17?/m0/s1. The molecule has 1 aromatic heterocycles. The number of hydrogen-bond donors (Lipinski definition) is 2. The van der Waals surface area contributed by atoms with Crippen LogP contribution in [0.15, 0.2) is 30.5 Å². The number of likely N-dealkylation sites (N-methyl/N-ethyl adjacent to an activating group) is 1. The monoisotopic (exact) mass is 323 g/mol. The third-order valence-electron chi connectivity index (χ3n) is 4.99. The number of hydrogen-bond acceptors (Lipinski definition) is 5. The Morgan fingerprint density at radius 1 is 1.33 bits per heavy atom. The van der Waals surface area contributed by atoms with Crippen molar-refractivity contribution in [2.75, 3.05) is 12.4 Å². The van der Waals surface area contributed by atoms with Crippen LogP contribution < -0.4 is 20.1 Å². The van der Waals surface area contributed by atoms with E-state index in [1.807, 2.05) is 25.2 Å². The smallest absolute Gasteiger partial charge is 0.225 e. The summed E-state index contributed by atoms with van der Waals surface area (Å²) in [4.78, 5) is 15.7. The van der Waals surface area contributed by atoms with Gasteiger partial charge in [0.25, 0.3) is 0 Å². The number of nitrogens with zero attached hydrogens (tertiary/aromatic N) is 1. The quantitative estimate of drug-likeness (QED) is 0.906. The molecule has 1 saturated carbocycles. The van der Waals surface area contributed by atoms with Crippen LogP contribution in [0.5, 0.6) is 17.2 Å². The van der Waals surface area contributed by atoms with Crippen molar-refractivity contribution in [3.8, 4) is 17.2 Å². The molecule has 122 valence electrons. The summed E-state index contributed by atoms with van der Waals surface area (Å²) in [5, 5.41) is 6.08. The number of nitrogens with one attached hydrogen (secondary N) is 2. The van der Waals surface area contributed by atoms with Gasteiger partial charge in [-0.15, -0.1) is 0 Å². The molecule has 0 saturated heterocycles. The fourth-order valence-electron chi connectivity index (χ4n) is 3.73. The predicted molar refractivity (Wildman–Crippen MR) is 87.7 cm³/mol. The van der Waals surface area contributed by atoms with E-state index in [0.29, 0.717) is 30.6 Å². The Hall–Kier alpha value is -2.60. The van der Waals surface area contributed by atoms with Crippen molar-refractivity contribution in [1.29, 1.82) is 0 Å². The molecule has 3 atom stereocenters. The summed E-state index contributed by atoms with van der Waals surface area (Å²) in [6.45, 7) is 0. The van der Waals surface area contributed by atoms with E-state index >= 15 is 0 Å². The lowest BCUT2D eigenvalue weighted by atomic mass is 10.1. The molecule has 0 radical (unpaired) electrons. The van der Waals surface area contributed by atoms with E-state index in [2.05, 4.69) is 21.7 Å². The number of fused-ring (bicyclic) bond motifs is 4. The third-order valence-corrected chi connectivity index (χ3v) is 4.99. The third kappa shape index (κ3) is 1.99. The summed E-state index contributed by atoms with van der Waals surface area (Å²) in [5.74, 6) is 3.50. The van der Waals surface area contributed by atoms with Gasteiger partial charge in [0.2, 0.25) is 5.91 Å². The molecule has 1 amide bonds. The van der Waals surface area contributed by atoms with Crippen LogP contribution in [-0.2, 0) is 11.2 Å². The van der Waals surface area contributed by atoms with Crippen molar-refractivity contribution in [1.82, 2.24) is 10.3 Å². The molecule has 1 aliphatic carbocycles. The van der Waals surface area contributed by atoms with Crippen molar-refractivity contribution < 1.29 is 14.3 Å². The van der Waals surface area contributed by atoms with Gasteiger partial charge in [-0.2, -0.15) is 0 Å². The first-order chi connectivity index (χ1) is 11.7. The maximum absolute atomic E-state index is 11.5. The van der Waals surface area contributed by atoms with Crippen molar-refractivity contribution in [3.05, 3.63) is 41.6 Å².